The molecule has 0 radical (unpaired) electrons. The quantitative estimate of drug-likeness (QED) is 0.617. The summed E-state index contributed by atoms with van der Waals surface area (Å²) in [5.74, 6) is 0. The van der Waals surface area contributed by atoms with Gasteiger partial charge < -0.3 is 10.2 Å². The Kier molecular flexibility index (Phi) is 2.63. The molecule has 0 aliphatic rings. The fraction of sp³-hybridized carbons (Fsp3) is 0.333. The summed E-state index contributed by atoms with van der Waals surface area (Å²) in [5, 5.41) is 17.3. The van der Waals surface area contributed by atoms with Crippen molar-refractivity contribution in [2.45, 2.75) is 19.6 Å². The van der Waals surface area contributed by atoms with Crippen LogP contribution in [0.25, 0.3) is 0 Å². The zero-order chi connectivity index (χ0) is 8.27. The standard InChI is InChI=1S/C9H12O2/c1-7-2-4-8(5-3-7)6-9(10)11/h2-5,9-11H,6H2,1H3. The lowest BCUT2D eigenvalue weighted by atomic mass is 10.1. The second kappa shape index (κ2) is 3.51. The normalized spacial score (nSPS) is 10.5. The molecular formula is C9H12O2. The average molecular weight is 152 g/mol. The molecule has 0 bridgehead atoms. The van der Waals surface area contributed by atoms with Crippen LogP contribution < -0.4 is 0 Å². The van der Waals surface area contributed by atoms with Crippen molar-refractivity contribution in [2.24, 2.45) is 0 Å². The molecule has 0 aliphatic carbocycles. The van der Waals surface area contributed by atoms with Crippen LogP contribution >= 0.6 is 0 Å². The van der Waals surface area contributed by atoms with Gasteiger partial charge >= 0.3 is 0 Å². The predicted molar refractivity (Wildman–Crippen MR) is 43.1 cm³/mol. The Labute approximate surface area is 66.1 Å². The van der Waals surface area contributed by atoms with Gasteiger partial charge in [-0.2, -0.15) is 0 Å². The van der Waals surface area contributed by atoms with Gasteiger partial charge in [0, 0.05) is 6.42 Å². The summed E-state index contributed by atoms with van der Waals surface area (Å²) in [5.41, 5.74) is 2.13. The van der Waals surface area contributed by atoms with Crippen LogP contribution in [0.1, 0.15) is 11.1 Å². The minimum Gasteiger partial charge on any atom is -0.368 e. The van der Waals surface area contributed by atoms with E-state index in [0.29, 0.717) is 6.42 Å². The Morgan fingerprint density at radius 3 is 2.18 bits per heavy atom. The number of aliphatic hydroxyl groups is 2. The van der Waals surface area contributed by atoms with Gasteiger partial charge in [-0.25, -0.2) is 0 Å². The summed E-state index contributed by atoms with van der Waals surface area (Å²) in [6, 6.07) is 7.71. The van der Waals surface area contributed by atoms with E-state index in [1.54, 1.807) is 0 Å². The van der Waals surface area contributed by atoms with E-state index in [1.807, 2.05) is 31.2 Å². The van der Waals surface area contributed by atoms with E-state index < -0.39 is 6.29 Å². The third-order valence-electron chi connectivity index (χ3n) is 1.54. The first-order valence-corrected chi connectivity index (χ1v) is 3.60. The maximum Gasteiger partial charge on any atom is 0.155 e. The highest BCUT2D eigenvalue weighted by atomic mass is 16.5. The van der Waals surface area contributed by atoms with E-state index in [9.17, 15) is 0 Å². The summed E-state index contributed by atoms with van der Waals surface area (Å²) in [6.07, 6.45) is -0.932. The number of benzene rings is 1. The first kappa shape index (κ1) is 8.24. The molecule has 0 aliphatic heterocycles. The molecule has 0 heterocycles. The smallest absolute Gasteiger partial charge is 0.155 e. The summed E-state index contributed by atoms with van der Waals surface area (Å²) in [4.78, 5) is 0. The largest absolute Gasteiger partial charge is 0.368 e. The SMILES string of the molecule is Cc1ccc(CC(O)O)cc1. The molecule has 11 heavy (non-hydrogen) atoms. The second-order valence-corrected chi connectivity index (χ2v) is 2.67. The van der Waals surface area contributed by atoms with Crippen LogP contribution in [-0.4, -0.2) is 16.5 Å². The predicted octanol–water partition coefficient (Wildman–Crippen LogP) is 0.848. The number of aliphatic hydroxyl groups excluding tert-OH is 1. The average Bonchev–Trinajstić information content (AvgIpc) is 1.93. The summed E-state index contributed by atoms with van der Waals surface area (Å²) in [7, 11) is 0. The van der Waals surface area contributed by atoms with Crippen molar-refractivity contribution >= 4 is 0 Å². The summed E-state index contributed by atoms with van der Waals surface area (Å²) in [6.45, 7) is 2.00. The lowest BCUT2D eigenvalue weighted by Crippen LogP contribution is -2.07. The fourth-order valence-electron chi connectivity index (χ4n) is 0.935. The van der Waals surface area contributed by atoms with Crippen molar-refractivity contribution in [3.05, 3.63) is 35.4 Å². The number of aryl methyl sites for hydroxylation is 1. The maximum absolute atomic E-state index is 8.63. The van der Waals surface area contributed by atoms with Crippen LogP contribution in [0.15, 0.2) is 24.3 Å². The molecule has 2 N–H and O–H groups in total. The molecule has 2 nitrogen and oxygen atoms in total. The molecule has 2 heteroatoms. The first-order chi connectivity index (χ1) is 5.18. The minimum atomic E-state index is -1.24. The maximum atomic E-state index is 8.63. The van der Waals surface area contributed by atoms with Gasteiger partial charge in [0.15, 0.2) is 6.29 Å². The molecule has 0 aromatic heterocycles. The number of rotatable bonds is 2. The van der Waals surface area contributed by atoms with E-state index in [2.05, 4.69) is 0 Å². The van der Waals surface area contributed by atoms with Gasteiger partial charge in [0.1, 0.15) is 0 Å². The van der Waals surface area contributed by atoms with Gasteiger partial charge in [-0.05, 0) is 12.5 Å². The van der Waals surface area contributed by atoms with Gasteiger partial charge in [-0.3, -0.25) is 0 Å². The first-order valence-electron chi connectivity index (χ1n) is 3.60. The zero-order valence-electron chi connectivity index (χ0n) is 6.49. The van der Waals surface area contributed by atoms with Crippen LogP contribution in [-0.2, 0) is 6.42 Å². The highest BCUT2D eigenvalue weighted by Gasteiger charge is 1.98. The molecule has 0 amide bonds. The van der Waals surface area contributed by atoms with Crippen molar-refractivity contribution in [3.8, 4) is 0 Å². The van der Waals surface area contributed by atoms with Crippen LogP contribution in [0.2, 0.25) is 0 Å². The summed E-state index contributed by atoms with van der Waals surface area (Å²) >= 11 is 0. The molecule has 0 fully saturated rings. The minimum absolute atomic E-state index is 0.306. The molecule has 0 saturated heterocycles. The third-order valence-corrected chi connectivity index (χ3v) is 1.54. The second-order valence-electron chi connectivity index (χ2n) is 2.67. The van der Waals surface area contributed by atoms with E-state index in [0.717, 1.165) is 5.56 Å². The topological polar surface area (TPSA) is 40.5 Å². The molecule has 0 spiro atoms. The molecule has 60 valence electrons. The Bertz CT molecular complexity index is 214. The third kappa shape index (κ3) is 2.70. The Morgan fingerprint density at radius 2 is 1.73 bits per heavy atom. The van der Waals surface area contributed by atoms with E-state index in [4.69, 9.17) is 10.2 Å². The van der Waals surface area contributed by atoms with E-state index >= 15 is 0 Å². The molecular weight excluding hydrogens is 140 g/mol. The lowest BCUT2D eigenvalue weighted by Gasteiger charge is -2.02. The fourth-order valence-corrected chi connectivity index (χ4v) is 0.935. The Hall–Kier alpha value is -0.860. The molecule has 0 unspecified atom stereocenters. The van der Waals surface area contributed by atoms with Gasteiger partial charge in [-0.15, -0.1) is 0 Å². The van der Waals surface area contributed by atoms with Crippen molar-refractivity contribution in [3.63, 3.8) is 0 Å². The Morgan fingerprint density at radius 1 is 1.18 bits per heavy atom. The lowest BCUT2D eigenvalue weighted by molar-refractivity contribution is -0.0381. The molecule has 1 aromatic rings. The van der Waals surface area contributed by atoms with Crippen LogP contribution in [0, 0.1) is 6.92 Å². The van der Waals surface area contributed by atoms with Gasteiger partial charge in [0.25, 0.3) is 0 Å². The van der Waals surface area contributed by atoms with Crippen LogP contribution in [0.4, 0.5) is 0 Å². The van der Waals surface area contributed by atoms with Crippen LogP contribution in [0.5, 0.6) is 0 Å². The van der Waals surface area contributed by atoms with Crippen LogP contribution in [0.3, 0.4) is 0 Å². The van der Waals surface area contributed by atoms with Gasteiger partial charge in [0.05, 0.1) is 0 Å². The van der Waals surface area contributed by atoms with Crippen molar-refractivity contribution in [1.82, 2.24) is 0 Å². The molecule has 1 rings (SSSR count). The van der Waals surface area contributed by atoms with Crippen molar-refractivity contribution in [1.29, 1.82) is 0 Å². The molecule has 0 atom stereocenters. The molecule has 0 saturated carbocycles. The van der Waals surface area contributed by atoms with Crippen molar-refractivity contribution in [2.75, 3.05) is 0 Å². The van der Waals surface area contributed by atoms with E-state index in [-0.39, 0.29) is 0 Å². The highest BCUT2D eigenvalue weighted by molar-refractivity contribution is 5.21. The monoisotopic (exact) mass is 152 g/mol. The highest BCUT2D eigenvalue weighted by Crippen LogP contribution is 2.04. The Balaban J connectivity index is 2.66. The van der Waals surface area contributed by atoms with E-state index in [1.165, 1.54) is 5.56 Å². The number of hydrogen-bond donors (Lipinski definition) is 2. The van der Waals surface area contributed by atoms with Crippen molar-refractivity contribution < 1.29 is 10.2 Å². The summed E-state index contributed by atoms with van der Waals surface area (Å²) < 4.78 is 0. The van der Waals surface area contributed by atoms with Gasteiger partial charge in [0.2, 0.25) is 0 Å². The molecule has 1 aromatic carbocycles. The zero-order valence-corrected chi connectivity index (χ0v) is 6.49. The number of hydrogen-bond acceptors (Lipinski definition) is 2. The van der Waals surface area contributed by atoms with Gasteiger partial charge in [-0.1, -0.05) is 29.8 Å².